The quantitative estimate of drug-likeness (QED) is 0.357. The van der Waals surface area contributed by atoms with Crippen LogP contribution in [0.1, 0.15) is 42.5 Å². The summed E-state index contributed by atoms with van der Waals surface area (Å²) in [5.41, 5.74) is 4.08. The zero-order valence-electron chi connectivity index (χ0n) is 23.4. The molecule has 0 saturated heterocycles. The minimum Gasteiger partial charge on any atom is -0.352 e. The smallest absolute Gasteiger partial charge is 0.244 e. The molecule has 2 unspecified atom stereocenters. The minimum absolute atomic E-state index is 0.0773. The van der Waals surface area contributed by atoms with Gasteiger partial charge in [-0.1, -0.05) is 79.2 Å². The second kappa shape index (κ2) is 13.4. The van der Waals surface area contributed by atoms with Crippen LogP contribution in [0, 0.1) is 13.8 Å². The SMILES string of the molecule is CCC(C)NC(=O)C(Cc1ccccc1)N(Cc1cccc(C)c1)C(=O)CN(c1cccc(C)c1)S(C)(=O)=O. The number of benzene rings is 3. The van der Waals surface area contributed by atoms with Crippen LogP contribution in [0.2, 0.25) is 0 Å². The molecule has 3 aromatic carbocycles. The summed E-state index contributed by atoms with van der Waals surface area (Å²) >= 11 is 0. The lowest BCUT2D eigenvalue weighted by atomic mass is 10.0. The van der Waals surface area contributed by atoms with Gasteiger partial charge in [-0.15, -0.1) is 0 Å². The van der Waals surface area contributed by atoms with Crippen molar-refractivity contribution in [3.8, 4) is 0 Å². The Morgan fingerprint density at radius 3 is 2.08 bits per heavy atom. The van der Waals surface area contributed by atoms with Crippen molar-refractivity contribution in [2.75, 3.05) is 17.1 Å². The first-order valence-corrected chi connectivity index (χ1v) is 15.1. The average Bonchev–Trinajstić information content (AvgIpc) is 2.89. The molecule has 0 radical (unpaired) electrons. The summed E-state index contributed by atoms with van der Waals surface area (Å²) in [6.45, 7) is 7.49. The molecule has 0 saturated carbocycles. The first kappa shape index (κ1) is 29.9. The molecule has 0 fully saturated rings. The third-order valence-electron chi connectivity index (χ3n) is 6.68. The van der Waals surface area contributed by atoms with Gasteiger partial charge in [-0.05, 0) is 56.0 Å². The van der Waals surface area contributed by atoms with Crippen LogP contribution in [0.25, 0.3) is 0 Å². The molecule has 208 valence electrons. The first-order chi connectivity index (χ1) is 18.5. The van der Waals surface area contributed by atoms with Gasteiger partial charge in [-0.25, -0.2) is 8.42 Å². The highest BCUT2D eigenvalue weighted by atomic mass is 32.2. The minimum atomic E-state index is -3.79. The van der Waals surface area contributed by atoms with E-state index in [1.165, 1.54) is 4.90 Å². The summed E-state index contributed by atoms with van der Waals surface area (Å²) in [5, 5.41) is 3.04. The number of rotatable bonds is 12. The number of carbonyl (C=O) groups excluding carboxylic acids is 2. The van der Waals surface area contributed by atoms with Crippen molar-refractivity contribution >= 4 is 27.5 Å². The molecule has 2 amide bonds. The lowest BCUT2D eigenvalue weighted by Gasteiger charge is -2.34. The fourth-order valence-corrected chi connectivity index (χ4v) is 5.24. The van der Waals surface area contributed by atoms with Gasteiger partial charge in [0.1, 0.15) is 12.6 Å². The standard InChI is InChI=1S/C31H39N3O4S/c1-6-25(4)32-31(36)29(20-26-14-8-7-9-15-26)33(21-27-16-10-12-23(2)18-27)30(35)22-34(39(5,37)38)28-17-11-13-24(3)19-28/h7-19,25,29H,6,20-22H2,1-5H3,(H,32,36). The number of sulfonamides is 1. The van der Waals surface area contributed by atoms with Gasteiger partial charge in [0.05, 0.1) is 11.9 Å². The first-order valence-electron chi connectivity index (χ1n) is 13.2. The highest BCUT2D eigenvalue weighted by molar-refractivity contribution is 7.92. The molecule has 0 aromatic heterocycles. The Balaban J connectivity index is 2.06. The Labute approximate surface area is 232 Å². The molecule has 8 heteroatoms. The van der Waals surface area contributed by atoms with Gasteiger partial charge in [0.15, 0.2) is 0 Å². The van der Waals surface area contributed by atoms with Crippen molar-refractivity contribution in [1.29, 1.82) is 0 Å². The van der Waals surface area contributed by atoms with E-state index in [2.05, 4.69) is 5.32 Å². The van der Waals surface area contributed by atoms with Crippen molar-refractivity contribution in [2.24, 2.45) is 0 Å². The Morgan fingerprint density at radius 1 is 0.872 bits per heavy atom. The van der Waals surface area contributed by atoms with Gasteiger partial charge < -0.3 is 10.2 Å². The second-order valence-electron chi connectivity index (χ2n) is 10.1. The number of nitrogens with zero attached hydrogens (tertiary/aromatic N) is 2. The van der Waals surface area contributed by atoms with Crippen LogP contribution < -0.4 is 9.62 Å². The summed E-state index contributed by atoms with van der Waals surface area (Å²) in [7, 11) is -3.79. The molecular weight excluding hydrogens is 510 g/mol. The number of anilines is 1. The molecule has 39 heavy (non-hydrogen) atoms. The van der Waals surface area contributed by atoms with Gasteiger partial charge in [-0.3, -0.25) is 13.9 Å². The van der Waals surface area contributed by atoms with Gasteiger partial charge in [0.2, 0.25) is 21.8 Å². The molecule has 0 spiro atoms. The fourth-order valence-electron chi connectivity index (χ4n) is 4.40. The lowest BCUT2D eigenvalue weighted by molar-refractivity contribution is -0.140. The van der Waals surface area contributed by atoms with E-state index in [1.807, 2.05) is 88.4 Å². The molecule has 0 heterocycles. The number of carbonyl (C=O) groups is 2. The maximum Gasteiger partial charge on any atom is 0.244 e. The molecule has 1 N–H and O–H groups in total. The Morgan fingerprint density at radius 2 is 1.49 bits per heavy atom. The van der Waals surface area contributed by atoms with Crippen LogP contribution in [0.5, 0.6) is 0 Å². The van der Waals surface area contributed by atoms with Crippen molar-refractivity contribution in [3.05, 3.63) is 101 Å². The van der Waals surface area contributed by atoms with E-state index in [4.69, 9.17) is 0 Å². The van der Waals surface area contributed by atoms with E-state index in [0.717, 1.165) is 39.2 Å². The zero-order valence-corrected chi connectivity index (χ0v) is 24.2. The second-order valence-corrected chi connectivity index (χ2v) is 12.0. The monoisotopic (exact) mass is 549 g/mol. The van der Waals surface area contributed by atoms with Crippen molar-refractivity contribution < 1.29 is 18.0 Å². The summed E-state index contributed by atoms with van der Waals surface area (Å²) < 4.78 is 26.8. The molecule has 3 rings (SSSR count). The van der Waals surface area contributed by atoms with E-state index < -0.39 is 28.5 Å². The number of hydrogen-bond donors (Lipinski definition) is 1. The topological polar surface area (TPSA) is 86.8 Å². The number of nitrogens with one attached hydrogen (secondary N) is 1. The van der Waals surface area contributed by atoms with Gasteiger partial charge >= 0.3 is 0 Å². The highest BCUT2D eigenvalue weighted by Crippen LogP contribution is 2.21. The lowest BCUT2D eigenvalue weighted by Crippen LogP contribution is -2.54. The maximum atomic E-state index is 14.1. The summed E-state index contributed by atoms with van der Waals surface area (Å²) in [4.78, 5) is 29.3. The van der Waals surface area contributed by atoms with Crippen LogP contribution in [-0.4, -0.2) is 50.0 Å². The number of aryl methyl sites for hydroxylation is 2. The Hall–Kier alpha value is -3.65. The maximum absolute atomic E-state index is 14.1. The normalized spacial score (nSPS) is 12.8. The summed E-state index contributed by atoms with van der Waals surface area (Å²) in [6, 6.07) is 23.4. The predicted octanol–water partition coefficient (Wildman–Crippen LogP) is 4.62. The van der Waals surface area contributed by atoms with Crippen LogP contribution in [-0.2, 0) is 32.6 Å². The largest absolute Gasteiger partial charge is 0.352 e. The molecular formula is C31H39N3O4S. The van der Waals surface area contributed by atoms with Gasteiger partial charge in [-0.2, -0.15) is 0 Å². The summed E-state index contributed by atoms with van der Waals surface area (Å²) in [5.74, 6) is -0.723. The van der Waals surface area contributed by atoms with E-state index in [1.54, 1.807) is 18.2 Å². The van der Waals surface area contributed by atoms with Crippen molar-refractivity contribution in [2.45, 2.75) is 59.2 Å². The third-order valence-corrected chi connectivity index (χ3v) is 7.82. The Kier molecular flexibility index (Phi) is 10.3. The van der Waals surface area contributed by atoms with E-state index in [-0.39, 0.29) is 18.5 Å². The molecule has 3 aromatic rings. The number of amides is 2. The van der Waals surface area contributed by atoms with E-state index >= 15 is 0 Å². The number of hydrogen-bond acceptors (Lipinski definition) is 4. The van der Waals surface area contributed by atoms with Crippen LogP contribution in [0.4, 0.5) is 5.69 Å². The molecule has 2 atom stereocenters. The molecule has 0 aliphatic rings. The highest BCUT2D eigenvalue weighted by Gasteiger charge is 2.33. The molecule has 7 nitrogen and oxygen atoms in total. The van der Waals surface area contributed by atoms with Crippen molar-refractivity contribution in [3.63, 3.8) is 0 Å². The molecule has 0 bridgehead atoms. The van der Waals surface area contributed by atoms with Crippen molar-refractivity contribution in [1.82, 2.24) is 10.2 Å². The Bertz CT molecular complexity index is 1380. The summed E-state index contributed by atoms with van der Waals surface area (Å²) in [6.07, 6.45) is 2.12. The fraction of sp³-hybridized carbons (Fsp3) is 0.355. The van der Waals surface area contributed by atoms with Crippen LogP contribution in [0.3, 0.4) is 0 Å². The third kappa shape index (κ3) is 8.68. The molecule has 0 aliphatic heterocycles. The van der Waals surface area contributed by atoms with Crippen LogP contribution in [0.15, 0.2) is 78.9 Å². The predicted molar refractivity (Wildman–Crippen MR) is 157 cm³/mol. The van der Waals surface area contributed by atoms with E-state index in [0.29, 0.717) is 12.1 Å². The van der Waals surface area contributed by atoms with Gasteiger partial charge in [0, 0.05) is 19.0 Å². The van der Waals surface area contributed by atoms with Crippen LogP contribution >= 0.6 is 0 Å². The zero-order chi connectivity index (χ0) is 28.6. The molecule has 0 aliphatic carbocycles. The van der Waals surface area contributed by atoms with Gasteiger partial charge in [0.25, 0.3) is 0 Å². The average molecular weight is 550 g/mol. The van der Waals surface area contributed by atoms with E-state index in [9.17, 15) is 18.0 Å².